The molecule has 4 rings (SSSR count). The number of methoxy groups -OCH3 is 1. The molecule has 1 unspecified atom stereocenters. The standard InChI is InChI=1S/C18H19N5O2S/c1-25-12-4-2-3-11(7-12)18-21-9-13(26-18)8-20-17(24)16-15-14(5-6-19-16)22-10-23-15/h2-4,7,9-10,16,19H,5-6,8H2,1H3,(H,20,24)(H,22,23). The van der Waals surface area contributed by atoms with Crippen LogP contribution in [-0.4, -0.2) is 34.5 Å². The number of hydrogen-bond donors (Lipinski definition) is 3. The summed E-state index contributed by atoms with van der Waals surface area (Å²) in [6, 6.07) is 7.38. The molecule has 1 aromatic carbocycles. The Kier molecular flexibility index (Phi) is 4.68. The normalized spacial score (nSPS) is 16.1. The molecule has 1 aliphatic rings. The molecule has 0 fully saturated rings. The van der Waals surface area contributed by atoms with E-state index in [4.69, 9.17) is 4.74 Å². The van der Waals surface area contributed by atoms with Crippen molar-refractivity contribution in [2.24, 2.45) is 0 Å². The van der Waals surface area contributed by atoms with Crippen LogP contribution in [0.15, 0.2) is 36.8 Å². The van der Waals surface area contributed by atoms with Crippen LogP contribution >= 0.6 is 11.3 Å². The van der Waals surface area contributed by atoms with Gasteiger partial charge in [-0.25, -0.2) is 9.97 Å². The molecular weight excluding hydrogens is 350 g/mol. The Balaban J connectivity index is 1.41. The number of rotatable bonds is 5. The number of hydrogen-bond acceptors (Lipinski definition) is 6. The van der Waals surface area contributed by atoms with Gasteiger partial charge in [0.25, 0.3) is 0 Å². The Morgan fingerprint density at radius 3 is 3.23 bits per heavy atom. The van der Waals surface area contributed by atoms with Gasteiger partial charge in [-0.1, -0.05) is 12.1 Å². The van der Waals surface area contributed by atoms with Gasteiger partial charge in [0, 0.05) is 35.3 Å². The van der Waals surface area contributed by atoms with E-state index in [1.807, 2.05) is 24.3 Å². The molecule has 0 bridgehead atoms. The Hall–Kier alpha value is -2.71. The van der Waals surface area contributed by atoms with E-state index in [-0.39, 0.29) is 5.91 Å². The molecule has 2 aromatic heterocycles. The molecule has 7 nitrogen and oxygen atoms in total. The number of benzene rings is 1. The molecule has 134 valence electrons. The van der Waals surface area contributed by atoms with Crippen molar-refractivity contribution in [3.63, 3.8) is 0 Å². The van der Waals surface area contributed by atoms with Gasteiger partial charge >= 0.3 is 0 Å². The van der Waals surface area contributed by atoms with Crippen molar-refractivity contribution in [1.82, 2.24) is 25.6 Å². The van der Waals surface area contributed by atoms with Gasteiger partial charge in [0.1, 0.15) is 16.8 Å². The summed E-state index contributed by atoms with van der Waals surface area (Å²) in [6.07, 6.45) is 4.30. The summed E-state index contributed by atoms with van der Waals surface area (Å²) >= 11 is 1.56. The number of amides is 1. The Morgan fingerprint density at radius 1 is 1.42 bits per heavy atom. The largest absolute Gasteiger partial charge is 0.497 e. The lowest BCUT2D eigenvalue weighted by Crippen LogP contribution is -2.41. The highest BCUT2D eigenvalue weighted by molar-refractivity contribution is 7.15. The first kappa shape index (κ1) is 16.7. The zero-order chi connectivity index (χ0) is 17.9. The lowest BCUT2D eigenvalue weighted by Gasteiger charge is -2.21. The average Bonchev–Trinajstić information content (AvgIpc) is 3.35. The maximum atomic E-state index is 12.5. The first-order valence-corrected chi connectivity index (χ1v) is 9.18. The van der Waals surface area contributed by atoms with E-state index in [1.165, 1.54) is 0 Å². The summed E-state index contributed by atoms with van der Waals surface area (Å²) in [5, 5.41) is 7.10. The third-order valence-corrected chi connectivity index (χ3v) is 5.36. The van der Waals surface area contributed by atoms with Gasteiger partial charge in [0.15, 0.2) is 0 Å². The summed E-state index contributed by atoms with van der Waals surface area (Å²) in [4.78, 5) is 25.4. The lowest BCUT2D eigenvalue weighted by molar-refractivity contribution is -0.123. The number of nitrogens with zero attached hydrogens (tertiary/aromatic N) is 2. The highest BCUT2D eigenvalue weighted by atomic mass is 32.1. The van der Waals surface area contributed by atoms with Crippen molar-refractivity contribution in [1.29, 1.82) is 0 Å². The summed E-state index contributed by atoms with van der Waals surface area (Å²) in [7, 11) is 1.64. The number of carbonyl (C=O) groups excluding carboxylic acids is 1. The fourth-order valence-electron chi connectivity index (χ4n) is 2.99. The maximum absolute atomic E-state index is 12.5. The number of H-pyrrole nitrogens is 1. The average molecular weight is 369 g/mol. The van der Waals surface area contributed by atoms with Crippen LogP contribution in [0.5, 0.6) is 5.75 Å². The van der Waals surface area contributed by atoms with Crippen LogP contribution in [0, 0.1) is 0 Å². The Labute approximate surface area is 154 Å². The second kappa shape index (κ2) is 7.27. The molecule has 26 heavy (non-hydrogen) atoms. The molecule has 3 N–H and O–H groups in total. The van der Waals surface area contributed by atoms with Crippen LogP contribution in [0.3, 0.4) is 0 Å². The molecule has 0 saturated heterocycles. The number of nitrogens with one attached hydrogen (secondary N) is 3. The predicted octanol–water partition coefficient (Wildman–Crippen LogP) is 2.04. The first-order chi connectivity index (χ1) is 12.7. The van der Waals surface area contributed by atoms with Crippen molar-refractivity contribution < 1.29 is 9.53 Å². The molecule has 0 aliphatic carbocycles. The number of ether oxygens (including phenoxy) is 1. The number of thiazole rings is 1. The monoisotopic (exact) mass is 369 g/mol. The Morgan fingerprint density at radius 2 is 2.35 bits per heavy atom. The molecule has 0 spiro atoms. The summed E-state index contributed by atoms with van der Waals surface area (Å²) < 4.78 is 5.26. The molecule has 1 atom stereocenters. The molecule has 0 saturated carbocycles. The quantitative estimate of drug-likeness (QED) is 0.640. The fourth-order valence-corrected chi connectivity index (χ4v) is 3.84. The molecule has 1 aliphatic heterocycles. The minimum Gasteiger partial charge on any atom is -0.497 e. The van der Waals surface area contributed by atoms with Crippen LogP contribution in [0.25, 0.3) is 10.6 Å². The van der Waals surface area contributed by atoms with Gasteiger partial charge in [-0.05, 0) is 12.1 Å². The number of aromatic amines is 1. The minimum atomic E-state index is -0.407. The van der Waals surface area contributed by atoms with E-state index >= 15 is 0 Å². The van der Waals surface area contributed by atoms with E-state index in [0.717, 1.165) is 45.6 Å². The van der Waals surface area contributed by atoms with Gasteiger partial charge < -0.3 is 20.4 Å². The third-order valence-electron chi connectivity index (χ3n) is 4.32. The van der Waals surface area contributed by atoms with Crippen LogP contribution in [0.2, 0.25) is 0 Å². The smallest absolute Gasteiger partial charge is 0.243 e. The van der Waals surface area contributed by atoms with Gasteiger partial charge in [-0.2, -0.15) is 0 Å². The number of aromatic nitrogens is 3. The van der Waals surface area contributed by atoms with Crippen LogP contribution in [-0.2, 0) is 17.8 Å². The second-order valence-electron chi connectivity index (χ2n) is 5.98. The van der Waals surface area contributed by atoms with Gasteiger partial charge in [0.05, 0.1) is 25.7 Å². The number of fused-ring (bicyclic) bond motifs is 1. The van der Waals surface area contributed by atoms with E-state index < -0.39 is 6.04 Å². The van der Waals surface area contributed by atoms with E-state index in [2.05, 4.69) is 25.6 Å². The number of imidazole rings is 1. The van der Waals surface area contributed by atoms with Gasteiger partial charge in [-0.3, -0.25) is 4.79 Å². The lowest BCUT2D eigenvalue weighted by atomic mass is 10.1. The summed E-state index contributed by atoms with van der Waals surface area (Å²) in [6.45, 7) is 1.20. The second-order valence-corrected chi connectivity index (χ2v) is 7.10. The maximum Gasteiger partial charge on any atom is 0.243 e. The predicted molar refractivity (Wildman–Crippen MR) is 99.0 cm³/mol. The molecule has 8 heteroatoms. The molecule has 1 amide bonds. The molecule has 0 radical (unpaired) electrons. The molecule has 3 aromatic rings. The van der Waals surface area contributed by atoms with E-state index in [1.54, 1.807) is 31.0 Å². The molecule has 3 heterocycles. The third kappa shape index (κ3) is 3.33. The zero-order valence-electron chi connectivity index (χ0n) is 14.3. The van der Waals surface area contributed by atoms with Crippen LogP contribution < -0.4 is 15.4 Å². The van der Waals surface area contributed by atoms with Crippen LogP contribution in [0.1, 0.15) is 22.3 Å². The first-order valence-electron chi connectivity index (χ1n) is 8.37. The fraction of sp³-hybridized carbons (Fsp3) is 0.278. The summed E-state index contributed by atoms with van der Waals surface area (Å²) in [5.74, 6) is 0.722. The SMILES string of the molecule is COc1cccc(-c2ncc(CNC(=O)C3NCCc4[nH]cnc43)s2)c1. The highest BCUT2D eigenvalue weighted by Crippen LogP contribution is 2.28. The van der Waals surface area contributed by atoms with E-state index in [0.29, 0.717) is 6.54 Å². The van der Waals surface area contributed by atoms with Crippen molar-refractivity contribution >= 4 is 17.2 Å². The number of carbonyl (C=O) groups is 1. The highest BCUT2D eigenvalue weighted by Gasteiger charge is 2.28. The van der Waals surface area contributed by atoms with Gasteiger partial charge in [0.2, 0.25) is 5.91 Å². The van der Waals surface area contributed by atoms with E-state index in [9.17, 15) is 4.79 Å². The minimum absolute atomic E-state index is 0.0746. The zero-order valence-corrected chi connectivity index (χ0v) is 15.1. The summed E-state index contributed by atoms with van der Waals surface area (Å²) in [5.41, 5.74) is 2.82. The van der Waals surface area contributed by atoms with Crippen molar-refractivity contribution in [2.75, 3.05) is 13.7 Å². The van der Waals surface area contributed by atoms with Crippen molar-refractivity contribution in [3.05, 3.63) is 53.1 Å². The Bertz CT molecular complexity index is 920. The van der Waals surface area contributed by atoms with Crippen molar-refractivity contribution in [3.8, 4) is 16.3 Å². The topological polar surface area (TPSA) is 91.9 Å². The van der Waals surface area contributed by atoms with Crippen LogP contribution in [0.4, 0.5) is 0 Å². The van der Waals surface area contributed by atoms with Crippen molar-refractivity contribution in [2.45, 2.75) is 19.0 Å². The van der Waals surface area contributed by atoms with Gasteiger partial charge in [-0.15, -0.1) is 11.3 Å². The molecular formula is C18H19N5O2S.